The summed E-state index contributed by atoms with van der Waals surface area (Å²) in [5.41, 5.74) is -6.17. The number of likely N-dealkylation sites (tertiary alicyclic amines) is 1. The van der Waals surface area contributed by atoms with Crippen molar-refractivity contribution in [2.75, 3.05) is 6.54 Å². The van der Waals surface area contributed by atoms with E-state index < -0.39 is 33.4 Å². The van der Waals surface area contributed by atoms with E-state index in [4.69, 9.17) is 4.74 Å². The topological polar surface area (TPSA) is 72.9 Å². The number of ether oxygens (including phenoxy) is 1. The van der Waals surface area contributed by atoms with Gasteiger partial charge in [-0.15, -0.1) is 0 Å². The predicted octanol–water partition coefficient (Wildman–Crippen LogP) is 2.77. The van der Waals surface area contributed by atoms with Crippen LogP contribution in [-0.2, 0) is 19.0 Å². The minimum Gasteiger partial charge on any atom is -0.444 e. The second-order valence-electron chi connectivity index (χ2n) is 6.62. The number of allylic oxidation sites excluding steroid dienone is 1. The van der Waals surface area contributed by atoms with Gasteiger partial charge in [-0.25, -0.2) is 4.79 Å². The minimum atomic E-state index is -5.69. The first-order valence-electron chi connectivity index (χ1n) is 6.99. The molecule has 23 heavy (non-hydrogen) atoms. The van der Waals surface area contributed by atoms with Crippen LogP contribution in [0.3, 0.4) is 0 Å². The zero-order valence-electron chi connectivity index (χ0n) is 12.9. The van der Waals surface area contributed by atoms with Crippen LogP contribution in [0.2, 0.25) is 0 Å². The van der Waals surface area contributed by atoms with Gasteiger partial charge in [0.25, 0.3) is 0 Å². The molecular weight excluding hydrogens is 339 g/mol. The third kappa shape index (κ3) is 4.10. The Morgan fingerprint density at radius 2 is 1.91 bits per heavy atom. The number of hydrogen-bond donors (Lipinski definition) is 0. The first-order chi connectivity index (χ1) is 10.3. The molecule has 0 aromatic rings. The SMILES string of the molecule is CC(C)(C)OC(=O)N1CC2CC(OS(=O)(=O)C(F)(F)F)=CC1C2. The van der Waals surface area contributed by atoms with Crippen molar-refractivity contribution in [3.05, 3.63) is 11.8 Å². The Bertz CT molecular complexity index is 621. The van der Waals surface area contributed by atoms with Crippen molar-refractivity contribution in [2.24, 2.45) is 5.92 Å². The molecule has 1 heterocycles. The summed E-state index contributed by atoms with van der Waals surface area (Å²) in [6.45, 7) is 5.39. The Morgan fingerprint density at radius 3 is 2.43 bits per heavy atom. The van der Waals surface area contributed by atoms with Gasteiger partial charge in [-0.05, 0) is 39.2 Å². The molecule has 2 atom stereocenters. The molecule has 0 radical (unpaired) electrons. The van der Waals surface area contributed by atoms with Crippen molar-refractivity contribution >= 4 is 16.2 Å². The van der Waals surface area contributed by atoms with Gasteiger partial charge in [0.05, 0.1) is 6.04 Å². The van der Waals surface area contributed by atoms with E-state index >= 15 is 0 Å². The largest absolute Gasteiger partial charge is 0.534 e. The number of fused-ring (bicyclic) bond motifs is 2. The van der Waals surface area contributed by atoms with Gasteiger partial charge in [0.1, 0.15) is 11.4 Å². The van der Waals surface area contributed by atoms with Gasteiger partial charge >= 0.3 is 21.7 Å². The zero-order chi connectivity index (χ0) is 17.6. The number of amides is 1. The summed E-state index contributed by atoms with van der Waals surface area (Å²) in [6.07, 6.45) is 1.24. The summed E-state index contributed by atoms with van der Waals surface area (Å²) in [5, 5.41) is 0. The van der Waals surface area contributed by atoms with E-state index in [0.717, 1.165) is 0 Å². The van der Waals surface area contributed by atoms with Crippen LogP contribution in [0.25, 0.3) is 0 Å². The molecular formula is C13H18F3NO5S. The van der Waals surface area contributed by atoms with Gasteiger partial charge in [-0.2, -0.15) is 21.6 Å². The Balaban J connectivity index is 2.12. The summed E-state index contributed by atoms with van der Waals surface area (Å²) < 4.78 is 68.6. The molecule has 6 nitrogen and oxygen atoms in total. The Kier molecular flexibility index (Phi) is 4.33. The molecule has 10 heteroatoms. The summed E-state index contributed by atoms with van der Waals surface area (Å²) in [5.74, 6) is -0.439. The molecule has 0 saturated carbocycles. The molecule has 1 fully saturated rings. The average molecular weight is 357 g/mol. The predicted molar refractivity (Wildman–Crippen MR) is 73.6 cm³/mol. The van der Waals surface area contributed by atoms with E-state index in [2.05, 4.69) is 4.18 Å². The molecule has 0 spiro atoms. The highest BCUT2D eigenvalue weighted by atomic mass is 32.2. The molecule has 2 aliphatic rings. The summed E-state index contributed by atoms with van der Waals surface area (Å²) >= 11 is 0. The third-order valence-corrected chi connectivity index (χ3v) is 4.43. The quantitative estimate of drug-likeness (QED) is 0.561. The minimum absolute atomic E-state index is 0.0328. The highest BCUT2D eigenvalue weighted by Gasteiger charge is 2.50. The highest BCUT2D eigenvalue weighted by molar-refractivity contribution is 7.87. The van der Waals surface area contributed by atoms with Crippen LogP contribution in [0, 0.1) is 5.92 Å². The lowest BCUT2D eigenvalue weighted by Crippen LogP contribution is -2.39. The lowest BCUT2D eigenvalue weighted by atomic mass is 9.95. The first kappa shape index (κ1) is 17.9. The maximum absolute atomic E-state index is 12.4. The number of halogens is 3. The standard InChI is InChI=1S/C13H18F3NO5S/c1-12(2,3)21-11(18)17-7-8-4-9(17)6-10(5-8)22-23(19,20)13(14,15)16/h6,8-9H,4-5,7H2,1-3H3. The van der Waals surface area contributed by atoms with E-state index in [-0.39, 0.29) is 24.6 Å². The number of rotatable bonds is 2. The molecule has 2 bridgehead atoms. The number of hydrogen-bond acceptors (Lipinski definition) is 5. The van der Waals surface area contributed by atoms with Crippen LogP contribution in [0.4, 0.5) is 18.0 Å². The second kappa shape index (κ2) is 5.57. The van der Waals surface area contributed by atoms with E-state index in [1.807, 2.05) is 0 Å². The van der Waals surface area contributed by atoms with E-state index in [0.29, 0.717) is 6.42 Å². The second-order valence-corrected chi connectivity index (χ2v) is 8.16. The van der Waals surface area contributed by atoms with Gasteiger partial charge in [0, 0.05) is 13.0 Å². The van der Waals surface area contributed by atoms with Gasteiger partial charge in [-0.1, -0.05) is 0 Å². The Labute approximate surface area is 132 Å². The maximum atomic E-state index is 12.4. The van der Waals surface area contributed by atoms with Crippen molar-refractivity contribution in [3.63, 3.8) is 0 Å². The van der Waals surface area contributed by atoms with Gasteiger partial charge < -0.3 is 13.8 Å². The van der Waals surface area contributed by atoms with Gasteiger partial charge in [0.2, 0.25) is 0 Å². The highest BCUT2D eigenvalue weighted by Crippen LogP contribution is 2.38. The van der Waals surface area contributed by atoms with Gasteiger partial charge in [-0.3, -0.25) is 0 Å². The molecule has 1 aliphatic carbocycles. The first-order valence-corrected chi connectivity index (χ1v) is 8.40. The fourth-order valence-corrected chi connectivity index (χ4v) is 3.11. The fourth-order valence-electron chi connectivity index (χ4n) is 2.61. The van der Waals surface area contributed by atoms with Gasteiger partial charge in [0.15, 0.2) is 0 Å². The number of nitrogens with zero attached hydrogens (tertiary/aromatic N) is 1. The van der Waals surface area contributed by atoms with Crippen molar-refractivity contribution < 1.29 is 35.3 Å². The molecule has 0 aromatic carbocycles. The van der Waals surface area contributed by atoms with Crippen LogP contribution in [0.5, 0.6) is 0 Å². The van der Waals surface area contributed by atoms with Crippen molar-refractivity contribution in [1.29, 1.82) is 0 Å². The molecule has 132 valence electrons. The van der Waals surface area contributed by atoms with Crippen LogP contribution in [0.15, 0.2) is 11.8 Å². The Hall–Kier alpha value is -1.45. The van der Waals surface area contributed by atoms with Crippen molar-refractivity contribution in [3.8, 4) is 0 Å². The average Bonchev–Trinajstić information content (AvgIpc) is 2.60. The van der Waals surface area contributed by atoms with Crippen LogP contribution in [-0.4, -0.2) is 43.1 Å². The van der Waals surface area contributed by atoms with E-state index in [9.17, 15) is 26.4 Å². The van der Waals surface area contributed by atoms with E-state index in [1.165, 1.54) is 11.0 Å². The smallest absolute Gasteiger partial charge is 0.444 e. The van der Waals surface area contributed by atoms with Crippen LogP contribution >= 0.6 is 0 Å². The van der Waals surface area contributed by atoms with Crippen molar-refractivity contribution in [2.45, 2.75) is 50.8 Å². The molecule has 0 aromatic heterocycles. The third-order valence-electron chi connectivity index (χ3n) is 3.43. The lowest BCUT2D eigenvalue weighted by molar-refractivity contribution is -0.0525. The molecule has 1 saturated heterocycles. The molecule has 1 aliphatic heterocycles. The van der Waals surface area contributed by atoms with Crippen LogP contribution < -0.4 is 0 Å². The number of carbonyl (C=O) groups excluding carboxylic acids is 1. The lowest BCUT2D eigenvalue weighted by Gasteiger charge is -2.27. The fraction of sp³-hybridized carbons (Fsp3) is 0.769. The normalized spacial score (nSPS) is 25.1. The van der Waals surface area contributed by atoms with E-state index in [1.54, 1.807) is 20.8 Å². The summed E-state index contributed by atoms with van der Waals surface area (Å²) in [7, 11) is -5.69. The molecule has 1 amide bonds. The monoisotopic (exact) mass is 357 g/mol. The van der Waals surface area contributed by atoms with Crippen LogP contribution in [0.1, 0.15) is 33.6 Å². The molecule has 2 unspecified atom stereocenters. The summed E-state index contributed by atoms with van der Waals surface area (Å²) in [4.78, 5) is 13.5. The number of carbonyl (C=O) groups is 1. The molecule has 2 rings (SSSR count). The maximum Gasteiger partial charge on any atom is 0.534 e. The summed E-state index contributed by atoms with van der Waals surface area (Å²) in [6, 6.07) is -0.526. The molecule has 0 N–H and O–H groups in total. The Morgan fingerprint density at radius 1 is 1.30 bits per heavy atom. The van der Waals surface area contributed by atoms with Crippen molar-refractivity contribution in [1.82, 2.24) is 4.90 Å². The zero-order valence-corrected chi connectivity index (χ0v) is 13.7. The number of alkyl halides is 3.